The zero-order valence-electron chi connectivity index (χ0n) is 32.3. The van der Waals surface area contributed by atoms with Gasteiger partial charge in [-0.2, -0.15) is 0 Å². The van der Waals surface area contributed by atoms with Crippen LogP contribution in [0.3, 0.4) is 0 Å². The van der Waals surface area contributed by atoms with Gasteiger partial charge in [-0.3, -0.25) is 4.74 Å². The molecule has 306 valence electrons. The molecule has 4 heterocycles. The third kappa shape index (κ3) is 6.81. The molecule has 0 amide bonds. The van der Waals surface area contributed by atoms with Crippen LogP contribution >= 0.6 is 0 Å². The molecule has 3 saturated heterocycles. The van der Waals surface area contributed by atoms with Crippen molar-refractivity contribution in [1.29, 1.82) is 0 Å². The van der Waals surface area contributed by atoms with Crippen LogP contribution in [0.15, 0.2) is 11.6 Å². The van der Waals surface area contributed by atoms with Crippen LogP contribution < -0.4 is 0 Å². The number of aliphatic hydroxyl groups excluding tert-OH is 4. The molecule has 4 aliphatic carbocycles. The summed E-state index contributed by atoms with van der Waals surface area (Å²) in [6, 6.07) is 0. The molecule has 14 nitrogen and oxygen atoms in total. The molecule has 8 aliphatic rings. The van der Waals surface area contributed by atoms with E-state index in [2.05, 4.69) is 13.8 Å². The molecule has 54 heavy (non-hydrogen) atoms. The number of cyclic esters (lactones) is 1. The average molecular weight is 767 g/mol. The second-order valence-electron chi connectivity index (χ2n) is 18.4. The SMILES string of the molecule is C[C@H]1C[C@@H](O[C@H]2CC[C@@]3(C)[C@H](CCC4[C@@H]3CC[C@]3(C)[C@@H](C5=CC(=O)OC5)CC[C@]43O)C2)O[C@H](O)[C@@H]1O[C@@H]1O[C@H](C)[C@@H](O[C@H]2C[C@H](O)[C@H](O)[C@@H](C)O2)[C@@H](O)O1. The molecular formula is C40H62O14. The topological polar surface area (TPSA) is 192 Å². The number of rotatable bonds is 7. The smallest absolute Gasteiger partial charge is 0.331 e. The molecule has 7 fully saturated rings. The van der Waals surface area contributed by atoms with Gasteiger partial charge in [0.1, 0.15) is 24.9 Å². The molecule has 8 rings (SSSR count). The van der Waals surface area contributed by atoms with E-state index >= 15 is 0 Å². The fourth-order valence-electron chi connectivity index (χ4n) is 12.4. The van der Waals surface area contributed by atoms with Gasteiger partial charge in [0.05, 0.1) is 30.0 Å². The molecule has 20 atom stereocenters. The van der Waals surface area contributed by atoms with Gasteiger partial charge in [0.2, 0.25) is 0 Å². The van der Waals surface area contributed by atoms with Gasteiger partial charge >= 0.3 is 5.97 Å². The minimum Gasteiger partial charge on any atom is -0.458 e. The Bertz CT molecular complexity index is 1380. The first-order valence-corrected chi connectivity index (χ1v) is 20.5. The molecule has 14 heteroatoms. The summed E-state index contributed by atoms with van der Waals surface area (Å²) in [6.45, 7) is 9.06. The van der Waals surface area contributed by atoms with Crippen LogP contribution in [0.25, 0.3) is 0 Å². The summed E-state index contributed by atoms with van der Waals surface area (Å²) < 4.78 is 46.8. The molecule has 1 unspecified atom stereocenters. The second kappa shape index (κ2) is 14.8. The highest BCUT2D eigenvalue weighted by Gasteiger charge is 2.68. The van der Waals surface area contributed by atoms with Crippen molar-refractivity contribution in [3.8, 4) is 0 Å². The fourth-order valence-corrected chi connectivity index (χ4v) is 12.4. The van der Waals surface area contributed by atoms with E-state index in [4.69, 9.17) is 37.9 Å². The molecule has 0 aromatic heterocycles. The minimum atomic E-state index is -1.44. The highest BCUT2D eigenvalue weighted by molar-refractivity contribution is 5.85. The third-order valence-corrected chi connectivity index (χ3v) is 15.6. The maximum absolute atomic E-state index is 12.6. The van der Waals surface area contributed by atoms with E-state index in [1.807, 2.05) is 6.92 Å². The molecule has 5 N–H and O–H groups in total. The van der Waals surface area contributed by atoms with Gasteiger partial charge in [-0.15, -0.1) is 0 Å². The van der Waals surface area contributed by atoms with E-state index in [9.17, 15) is 30.3 Å². The quantitative estimate of drug-likeness (QED) is 0.188. The molecular weight excluding hydrogens is 704 g/mol. The van der Waals surface area contributed by atoms with Crippen molar-refractivity contribution in [3.63, 3.8) is 0 Å². The highest BCUT2D eigenvalue weighted by atomic mass is 16.9. The molecule has 4 saturated carbocycles. The Labute approximate surface area is 317 Å². The van der Waals surface area contributed by atoms with Crippen molar-refractivity contribution in [2.45, 2.75) is 185 Å². The molecule has 0 aromatic carbocycles. The minimum absolute atomic E-state index is 0.000382. The van der Waals surface area contributed by atoms with Gasteiger partial charge in [-0.25, -0.2) is 4.79 Å². The van der Waals surface area contributed by atoms with Crippen molar-refractivity contribution < 1.29 is 68.2 Å². The number of carbonyl (C=O) groups excluding carboxylic acids is 1. The number of esters is 1. The number of ether oxygens (including phenoxy) is 8. The van der Waals surface area contributed by atoms with Crippen LogP contribution in [-0.2, 0) is 42.7 Å². The van der Waals surface area contributed by atoms with E-state index in [0.29, 0.717) is 24.9 Å². The Hall–Kier alpha value is -1.27. The molecule has 4 aliphatic heterocycles. The van der Waals surface area contributed by atoms with Crippen molar-refractivity contribution in [2.75, 3.05) is 6.61 Å². The largest absolute Gasteiger partial charge is 0.458 e. The van der Waals surface area contributed by atoms with Crippen molar-refractivity contribution in [2.24, 2.45) is 40.4 Å². The third-order valence-electron chi connectivity index (χ3n) is 15.6. The number of fused-ring (bicyclic) bond motifs is 5. The van der Waals surface area contributed by atoms with E-state index < -0.39 is 73.9 Å². The Morgan fingerprint density at radius 1 is 0.741 bits per heavy atom. The van der Waals surface area contributed by atoms with Crippen LogP contribution in [-0.4, -0.2) is 118 Å². The first-order chi connectivity index (χ1) is 25.6. The van der Waals surface area contributed by atoms with Gasteiger partial charge in [0.25, 0.3) is 6.48 Å². The van der Waals surface area contributed by atoms with Crippen LogP contribution in [0.1, 0.15) is 105 Å². The lowest BCUT2D eigenvalue weighted by Crippen LogP contribution is -2.62. The predicted octanol–water partition coefficient (Wildman–Crippen LogP) is 2.99. The van der Waals surface area contributed by atoms with Crippen LogP contribution in [0.4, 0.5) is 0 Å². The zero-order valence-corrected chi connectivity index (χ0v) is 32.3. The number of aliphatic hydroxyl groups is 5. The summed E-state index contributed by atoms with van der Waals surface area (Å²) in [7, 11) is 0. The first kappa shape index (κ1) is 39.6. The second-order valence-corrected chi connectivity index (χ2v) is 18.4. The van der Waals surface area contributed by atoms with E-state index in [-0.39, 0.29) is 47.1 Å². The molecule has 0 spiro atoms. The molecule has 0 bridgehead atoms. The number of hydrogen-bond donors (Lipinski definition) is 5. The zero-order chi connectivity index (χ0) is 38.3. The van der Waals surface area contributed by atoms with Crippen LogP contribution in [0.2, 0.25) is 0 Å². The highest BCUT2D eigenvalue weighted by Crippen LogP contribution is 2.70. The van der Waals surface area contributed by atoms with Crippen LogP contribution in [0, 0.1) is 40.4 Å². The normalized spacial score (nSPS) is 55.0. The summed E-state index contributed by atoms with van der Waals surface area (Å²) in [5.41, 5.74) is 0.178. The summed E-state index contributed by atoms with van der Waals surface area (Å²) in [5, 5.41) is 54.5. The van der Waals surface area contributed by atoms with E-state index in [1.165, 1.54) is 0 Å². The van der Waals surface area contributed by atoms with Gasteiger partial charge < -0.3 is 58.7 Å². The van der Waals surface area contributed by atoms with Gasteiger partial charge in [-0.05, 0) is 112 Å². The first-order valence-electron chi connectivity index (χ1n) is 20.5. The number of hydrogen-bond acceptors (Lipinski definition) is 14. The van der Waals surface area contributed by atoms with E-state index in [1.54, 1.807) is 19.9 Å². The van der Waals surface area contributed by atoms with Crippen molar-refractivity contribution in [1.82, 2.24) is 0 Å². The lowest BCUT2D eigenvalue weighted by atomic mass is 9.43. The number of carbonyl (C=O) groups is 1. The Kier molecular flexibility index (Phi) is 10.9. The van der Waals surface area contributed by atoms with Gasteiger partial charge in [0.15, 0.2) is 25.2 Å². The summed E-state index contributed by atoms with van der Waals surface area (Å²) in [6.07, 6.45) is 1.41. The summed E-state index contributed by atoms with van der Waals surface area (Å²) in [5.74, 6) is 0.901. The predicted molar refractivity (Wildman–Crippen MR) is 187 cm³/mol. The van der Waals surface area contributed by atoms with Gasteiger partial charge in [-0.1, -0.05) is 20.8 Å². The average Bonchev–Trinajstić information content (AvgIpc) is 3.66. The van der Waals surface area contributed by atoms with Crippen LogP contribution in [0.5, 0.6) is 0 Å². The summed E-state index contributed by atoms with van der Waals surface area (Å²) >= 11 is 0. The van der Waals surface area contributed by atoms with E-state index in [0.717, 1.165) is 63.4 Å². The standard InChI is InChI=1S/C40H62O14/c1-19-14-30(52-35(44)33(19)53-37-49-21(3)34(36(45)54-37)51-31-17-28(41)32(43)20(2)48-31)50-24-8-11-38(4)23(16-24)6-7-27-26(38)9-12-39(5)25(10-13-40(27,39)46)22-15-29(42)47-18-22/h15,19-21,23-28,30-37,41,43-46H,6-14,16-18H2,1-5H3/t19-,20+,21+,23+,24-,25+,26-,27?,28-,30-,31-,32+,33+,34+,35-,36-,37-,38-,39+,40-/m0/s1. The Morgan fingerprint density at radius 3 is 2.20 bits per heavy atom. The van der Waals surface area contributed by atoms with Crippen molar-refractivity contribution in [3.05, 3.63) is 11.6 Å². The molecule has 0 radical (unpaired) electrons. The molecule has 0 aromatic rings. The maximum Gasteiger partial charge on any atom is 0.331 e. The monoisotopic (exact) mass is 766 g/mol. The lowest BCUT2D eigenvalue weighted by Gasteiger charge is -2.64. The van der Waals surface area contributed by atoms with Crippen molar-refractivity contribution >= 4 is 5.97 Å². The fraction of sp³-hybridized carbons (Fsp3) is 0.925. The Morgan fingerprint density at radius 2 is 1.50 bits per heavy atom. The maximum atomic E-state index is 12.6. The lowest BCUT2D eigenvalue weighted by molar-refractivity contribution is -0.443. The van der Waals surface area contributed by atoms with Gasteiger partial charge in [0, 0.05) is 24.3 Å². The Balaban J connectivity index is 0.826. The summed E-state index contributed by atoms with van der Waals surface area (Å²) in [4.78, 5) is 11.9.